The molecule has 1 aliphatic carbocycles. The average molecular weight is 285 g/mol. The van der Waals surface area contributed by atoms with E-state index in [9.17, 15) is 5.26 Å². The van der Waals surface area contributed by atoms with Gasteiger partial charge in [-0.2, -0.15) is 5.26 Å². The lowest BCUT2D eigenvalue weighted by Crippen LogP contribution is -2.27. The molecule has 15 heavy (non-hydrogen) atoms. The van der Waals surface area contributed by atoms with Crippen LogP contribution in [0.15, 0.2) is 15.9 Å². The zero-order valence-corrected chi connectivity index (χ0v) is 11.2. The van der Waals surface area contributed by atoms with Gasteiger partial charge in [-0.05, 0) is 48.9 Å². The largest absolute Gasteiger partial charge is 0.300 e. The first-order valence-electron chi connectivity index (χ1n) is 4.91. The molecule has 0 aliphatic heterocycles. The van der Waals surface area contributed by atoms with Gasteiger partial charge in [-0.1, -0.05) is 0 Å². The fraction of sp³-hybridized carbons (Fsp3) is 0.545. The number of hydrogen-bond acceptors (Lipinski definition) is 3. The minimum absolute atomic E-state index is 0.131. The van der Waals surface area contributed by atoms with Crippen LogP contribution in [0.1, 0.15) is 23.8 Å². The maximum atomic E-state index is 9.26. The Morgan fingerprint density at radius 1 is 1.60 bits per heavy atom. The molecule has 1 aromatic rings. The van der Waals surface area contributed by atoms with E-state index < -0.39 is 0 Å². The van der Waals surface area contributed by atoms with Gasteiger partial charge in [0.25, 0.3) is 0 Å². The molecule has 0 spiro atoms. The van der Waals surface area contributed by atoms with E-state index in [0.717, 1.165) is 17.3 Å². The molecule has 80 valence electrons. The van der Waals surface area contributed by atoms with Crippen LogP contribution in [-0.4, -0.2) is 19.0 Å². The Balaban J connectivity index is 2.33. The molecule has 0 aromatic carbocycles. The summed E-state index contributed by atoms with van der Waals surface area (Å²) in [6.45, 7) is 0. The number of hydrogen-bond donors (Lipinski definition) is 0. The molecule has 1 atom stereocenters. The monoisotopic (exact) mass is 284 g/mol. The van der Waals surface area contributed by atoms with Gasteiger partial charge in [-0.25, -0.2) is 0 Å². The van der Waals surface area contributed by atoms with E-state index in [1.54, 1.807) is 11.3 Å². The lowest BCUT2D eigenvalue weighted by molar-refractivity contribution is 0.236. The van der Waals surface area contributed by atoms with Gasteiger partial charge in [-0.3, -0.25) is 0 Å². The molecule has 0 bridgehead atoms. The SMILES string of the molecule is CN(C)C(c1cc(Br)cs1)C1(C#N)CC1. The molecule has 0 N–H and O–H groups in total. The van der Waals surface area contributed by atoms with Crippen LogP contribution in [0.2, 0.25) is 0 Å². The molecule has 4 heteroatoms. The molecule has 1 aromatic heterocycles. The van der Waals surface area contributed by atoms with Crippen LogP contribution in [-0.2, 0) is 0 Å². The zero-order valence-electron chi connectivity index (χ0n) is 8.83. The van der Waals surface area contributed by atoms with Crippen molar-refractivity contribution in [3.05, 3.63) is 20.8 Å². The Kier molecular flexibility index (Phi) is 2.89. The van der Waals surface area contributed by atoms with E-state index in [-0.39, 0.29) is 11.5 Å². The Labute approximate surface area is 103 Å². The topological polar surface area (TPSA) is 27.0 Å². The smallest absolute Gasteiger partial charge is 0.0779 e. The Morgan fingerprint density at radius 3 is 2.60 bits per heavy atom. The van der Waals surface area contributed by atoms with E-state index in [2.05, 4.69) is 52.4 Å². The van der Waals surface area contributed by atoms with Crippen molar-refractivity contribution in [1.29, 1.82) is 5.26 Å². The fourth-order valence-corrected chi connectivity index (χ4v) is 3.83. The first kappa shape index (κ1) is 11.1. The minimum atomic E-state index is -0.131. The normalized spacial score (nSPS) is 19.9. The van der Waals surface area contributed by atoms with E-state index >= 15 is 0 Å². The fourth-order valence-electron chi connectivity index (χ4n) is 2.07. The molecular weight excluding hydrogens is 272 g/mol. The van der Waals surface area contributed by atoms with Gasteiger partial charge in [-0.15, -0.1) is 11.3 Å². The second-order valence-corrected chi connectivity index (χ2v) is 6.16. The second-order valence-electron chi connectivity index (χ2n) is 4.30. The molecule has 1 heterocycles. The molecule has 0 saturated heterocycles. The first-order chi connectivity index (χ1) is 7.09. The van der Waals surface area contributed by atoms with Crippen molar-refractivity contribution in [1.82, 2.24) is 4.90 Å². The summed E-state index contributed by atoms with van der Waals surface area (Å²) in [6.07, 6.45) is 2.06. The standard InChI is InChI=1S/C11H13BrN2S/c1-14(2)10(11(7-13)3-4-11)9-5-8(12)6-15-9/h5-6,10H,3-4H2,1-2H3. The summed E-state index contributed by atoms with van der Waals surface area (Å²) in [6, 6.07) is 4.87. The number of nitriles is 1. The maximum absolute atomic E-state index is 9.26. The molecule has 0 amide bonds. The zero-order chi connectivity index (χ0) is 11.1. The van der Waals surface area contributed by atoms with Crippen molar-refractivity contribution in [2.75, 3.05) is 14.1 Å². The summed E-state index contributed by atoms with van der Waals surface area (Å²) in [4.78, 5) is 3.44. The van der Waals surface area contributed by atoms with Gasteiger partial charge in [0.1, 0.15) is 0 Å². The maximum Gasteiger partial charge on any atom is 0.0779 e. The molecule has 0 radical (unpaired) electrons. The van der Waals surface area contributed by atoms with Crippen LogP contribution in [0.5, 0.6) is 0 Å². The minimum Gasteiger partial charge on any atom is -0.300 e. The van der Waals surface area contributed by atoms with Gasteiger partial charge >= 0.3 is 0 Å². The van der Waals surface area contributed by atoms with E-state index in [1.807, 2.05) is 0 Å². The van der Waals surface area contributed by atoms with Crippen LogP contribution in [0, 0.1) is 16.7 Å². The quantitative estimate of drug-likeness (QED) is 0.851. The van der Waals surface area contributed by atoms with Gasteiger partial charge in [0.2, 0.25) is 0 Å². The third-order valence-corrected chi connectivity index (χ3v) is 4.65. The summed E-state index contributed by atoms with van der Waals surface area (Å²) < 4.78 is 1.11. The molecule has 2 nitrogen and oxygen atoms in total. The molecule has 1 fully saturated rings. The lowest BCUT2D eigenvalue weighted by atomic mass is 9.96. The Bertz CT molecular complexity index is 401. The number of halogens is 1. The molecule has 1 aliphatic rings. The summed E-state index contributed by atoms with van der Waals surface area (Å²) in [7, 11) is 4.10. The Hall–Kier alpha value is -0.370. The highest BCUT2D eigenvalue weighted by Crippen LogP contribution is 2.57. The van der Waals surface area contributed by atoms with Crippen molar-refractivity contribution in [3.63, 3.8) is 0 Å². The van der Waals surface area contributed by atoms with Crippen LogP contribution < -0.4 is 0 Å². The van der Waals surface area contributed by atoms with Gasteiger partial charge < -0.3 is 4.90 Å². The second kappa shape index (κ2) is 3.89. The molecule has 2 rings (SSSR count). The van der Waals surface area contributed by atoms with Gasteiger partial charge in [0.15, 0.2) is 0 Å². The third-order valence-electron chi connectivity index (χ3n) is 2.91. The first-order valence-corrected chi connectivity index (χ1v) is 6.58. The predicted octanol–water partition coefficient (Wildman–Crippen LogP) is 3.42. The summed E-state index contributed by atoms with van der Waals surface area (Å²) in [5.74, 6) is 0. The van der Waals surface area contributed by atoms with Crippen molar-refractivity contribution < 1.29 is 0 Å². The summed E-state index contributed by atoms with van der Waals surface area (Å²) >= 11 is 5.20. The van der Waals surface area contributed by atoms with Crippen LogP contribution in [0.3, 0.4) is 0 Å². The van der Waals surface area contributed by atoms with Crippen molar-refractivity contribution >= 4 is 27.3 Å². The van der Waals surface area contributed by atoms with E-state index in [0.29, 0.717) is 0 Å². The molecule has 1 saturated carbocycles. The van der Waals surface area contributed by atoms with Crippen LogP contribution in [0.25, 0.3) is 0 Å². The average Bonchev–Trinajstić information content (AvgIpc) is 2.84. The van der Waals surface area contributed by atoms with Gasteiger partial charge in [0, 0.05) is 14.7 Å². The summed E-state index contributed by atoms with van der Waals surface area (Å²) in [5, 5.41) is 11.3. The van der Waals surface area contributed by atoms with Crippen LogP contribution >= 0.6 is 27.3 Å². The van der Waals surface area contributed by atoms with Crippen LogP contribution in [0.4, 0.5) is 0 Å². The predicted molar refractivity (Wildman–Crippen MR) is 65.7 cm³/mol. The Morgan fingerprint density at radius 2 is 2.27 bits per heavy atom. The van der Waals surface area contributed by atoms with Crippen molar-refractivity contribution in [2.45, 2.75) is 18.9 Å². The highest BCUT2D eigenvalue weighted by Gasteiger charge is 2.52. The van der Waals surface area contributed by atoms with E-state index in [1.165, 1.54) is 4.88 Å². The van der Waals surface area contributed by atoms with Crippen molar-refractivity contribution in [2.24, 2.45) is 5.41 Å². The summed E-state index contributed by atoms with van der Waals surface area (Å²) in [5.41, 5.74) is -0.131. The van der Waals surface area contributed by atoms with Gasteiger partial charge in [0.05, 0.1) is 17.5 Å². The lowest BCUT2D eigenvalue weighted by Gasteiger charge is -2.27. The highest BCUT2D eigenvalue weighted by atomic mass is 79.9. The number of rotatable bonds is 3. The highest BCUT2D eigenvalue weighted by molar-refractivity contribution is 9.10. The molecular formula is C11H13BrN2S. The number of nitrogens with zero attached hydrogens (tertiary/aromatic N) is 2. The number of thiophene rings is 1. The third kappa shape index (κ3) is 1.96. The molecule has 1 unspecified atom stereocenters. The van der Waals surface area contributed by atoms with E-state index in [4.69, 9.17) is 0 Å². The van der Waals surface area contributed by atoms with Crippen molar-refractivity contribution in [3.8, 4) is 6.07 Å².